The molecule has 0 fully saturated rings. The highest BCUT2D eigenvalue weighted by atomic mass is 79.9. The molecule has 96 valence electrons. The van der Waals surface area contributed by atoms with Crippen molar-refractivity contribution in [2.45, 2.75) is 16.7 Å². The quantitative estimate of drug-likeness (QED) is 0.681. The molecule has 3 rings (SSSR count). The lowest BCUT2D eigenvalue weighted by molar-refractivity contribution is 0.566. The summed E-state index contributed by atoms with van der Waals surface area (Å²) < 4.78 is 19.3. The first-order valence-electron chi connectivity index (χ1n) is 5.82. The molecule has 0 saturated heterocycles. The van der Waals surface area contributed by atoms with Crippen LogP contribution in [0.4, 0.5) is 0 Å². The van der Waals surface area contributed by atoms with Gasteiger partial charge in [0.15, 0.2) is 0 Å². The zero-order chi connectivity index (χ0) is 13.4. The van der Waals surface area contributed by atoms with Crippen LogP contribution < -0.4 is 0 Å². The highest BCUT2D eigenvalue weighted by molar-refractivity contribution is 9.10. The summed E-state index contributed by atoms with van der Waals surface area (Å²) in [5, 5.41) is 0.897. The summed E-state index contributed by atoms with van der Waals surface area (Å²) in [7, 11) is -1.22. The molecule has 1 aromatic heterocycles. The first kappa shape index (κ1) is 12.6. The van der Waals surface area contributed by atoms with E-state index in [0.29, 0.717) is 5.76 Å². The van der Waals surface area contributed by atoms with Gasteiger partial charge in [-0.25, -0.2) is 4.21 Å². The van der Waals surface area contributed by atoms with E-state index in [2.05, 4.69) is 15.9 Å². The van der Waals surface area contributed by atoms with Crippen molar-refractivity contribution < 1.29 is 8.63 Å². The monoisotopic (exact) mass is 334 g/mol. The van der Waals surface area contributed by atoms with E-state index in [1.54, 1.807) is 0 Å². The Labute approximate surface area is 122 Å². The van der Waals surface area contributed by atoms with E-state index in [4.69, 9.17) is 4.42 Å². The van der Waals surface area contributed by atoms with Crippen LogP contribution in [0.15, 0.2) is 67.2 Å². The average molecular weight is 335 g/mol. The Bertz CT molecular complexity index is 762. The van der Waals surface area contributed by atoms with Gasteiger partial charge in [0.25, 0.3) is 0 Å². The molecule has 0 bridgehead atoms. The predicted molar refractivity (Wildman–Crippen MR) is 79.8 cm³/mol. The zero-order valence-corrected chi connectivity index (χ0v) is 12.6. The third-order valence-corrected chi connectivity index (χ3v) is 4.98. The summed E-state index contributed by atoms with van der Waals surface area (Å²) in [6.07, 6.45) is 0. The fourth-order valence-corrected chi connectivity index (χ4v) is 3.73. The summed E-state index contributed by atoms with van der Waals surface area (Å²) >= 11 is 3.44. The van der Waals surface area contributed by atoms with Gasteiger partial charge in [0.2, 0.25) is 0 Å². The van der Waals surface area contributed by atoms with Gasteiger partial charge >= 0.3 is 0 Å². The van der Waals surface area contributed by atoms with E-state index >= 15 is 0 Å². The summed E-state index contributed by atoms with van der Waals surface area (Å²) in [5.74, 6) is 0.704. The molecule has 3 aromatic rings. The molecule has 1 heterocycles. The molecule has 0 aliphatic heterocycles. The normalized spacial score (nSPS) is 12.7. The Morgan fingerprint density at radius 1 is 1.11 bits per heavy atom. The minimum Gasteiger partial charge on any atom is -0.460 e. The highest BCUT2D eigenvalue weighted by Crippen LogP contribution is 2.32. The maximum atomic E-state index is 12.7. The van der Waals surface area contributed by atoms with Gasteiger partial charge in [-0.3, -0.25) is 0 Å². The van der Waals surface area contributed by atoms with Crippen LogP contribution >= 0.6 is 15.9 Å². The molecule has 0 aliphatic carbocycles. The second kappa shape index (κ2) is 4.94. The maximum Gasteiger partial charge on any atom is 0.135 e. The number of aryl methyl sites for hydroxylation is 1. The second-order valence-electron chi connectivity index (χ2n) is 4.21. The van der Waals surface area contributed by atoms with Gasteiger partial charge in [0.05, 0.1) is 15.7 Å². The van der Waals surface area contributed by atoms with Crippen molar-refractivity contribution in [3.8, 4) is 0 Å². The molecule has 0 unspecified atom stereocenters. The van der Waals surface area contributed by atoms with E-state index in [-0.39, 0.29) is 0 Å². The number of benzene rings is 2. The fourth-order valence-electron chi connectivity index (χ4n) is 2.06. The fraction of sp³-hybridized carbons (Fsp3) is 0.0667. The van der Waals surface area contributed by atoms with E-state index in [1.165, 1.54) is 0 Å². The van der Waals surface area contributed by atoms with Crippen molar-refractivity contribution in [2.75, 3.05) is 0 Å². The third kappa shape index (κ3) is 2.26. The molecule has 19 heavy (non-hydrogen) atoms. The maximum absolute atomic E-state index is 12.7. The summed E-state index contributed by atoms with van der Waals surface area (Å²) in [5.41, 5.74) is 0.764. The van der Waals surface area contributed by atoms with E-state index in [1.807, 2.05) is 55.5 Å². The van der Waals surface area contributed by atoms with Gasteiger partial charge in [-0.05, 0) is 37.3 Å². The molecule has 2 aromatic carbocycles. The molecule has 0 saturated carbocycles. The molecule has 0 spiro atoms. The third-order valence-electron chi connectivity index (χ3n) is 2.91. The number of hydrogen-bond donors (Lipinski definition) is 0. The molecule has 4 heteroatoms. The standard InChI is InChI=1S/C15H11BrO2S/c1-10-15(19(17)12-5-3-2-4-6-12)13-9-11(16)7-8-14(13)18-10/h2-9H,1H3/t19-/m0/s1. The van der Waals surface area contributed by atoms with Crippen LogP contribution in [0.5, 0.6) is 0 Å². The average Bonchev–Trinajstić information content (AvgIpc) is 2.74. The van der Waals surface area contributed by atoms with Gasteiger partial charge in [-0.1, -0.05) is 34.1 Å². The molecule has 0 radical (unpaired) electrons. The molecular formula is C15H11BrO2S. The molecule has 0 aliphatic rings. The lowest BCUT2D eigenvalue weighted by Crippen LogP contribution is -1.93. The highest BCUT2D eigenvalue weighted by Gasteiger charge is 2.18. The van der Waals surface area contributed by atoms with Crippen molar-refractivity contribution in [3.63, 3.8) is 0 Å². The van der Waals surface area contributed by atoms with E-state index < -0.39 is 10.8 Å². The van der Waals surface area contributed by atoms with Crippen LogP contribution in [0.3, 0.4) is 0 Å². The van der Waals surface area contributed by atoms with E-state index in [9.17, 15) is 4.21 Å². The van der Waals surface area contributed by atoms with E-state index in [0.717, 1.165) is 25.2 Å². The molecule has 0 N–H and O–H groups in total. The number of furan rings is 1. The first-order valence-corrected chi connectivity index (χ1v) is 7.76. The molecule has 0 amide bonds. The van der Waals surface area contributed by atoms with Crippen LogP contribution in [-0.2, 0) is 10.8 Å². The summed E-state index contributed by atoms with van der Waals surface area (Å²) in [6.45, 7) is 1.85. The number of fused-ring (bicyclic) bond motifs is 1. The van der Waals surface area contributed by atoms with Gasteiger partial charge in [-0.15, -0.1) is 0 Å². The summed E-state index contributed by atoms with van der Waals surface area (Å²) in [6, 6.07) is 15.2. The summed E-state index contributed by atoms with van der Waals surface area (Å²) in [4.78, 5) is 1.54. The first-order chi connectivity index (χ1) is 9.16. The van der Waals surface area contributed by atoms with Crippen LogP contribution in [-0.4, -0.2) is 4.21 Å². The van der Waals surface area contributed by atoms with Crippen LogP contribution in [0, 0.1) is 6.92 Å². The SMILES string of the molecule is Cc1oc2ccc(Br)cc2c1[S@@](=O)c1ccccc1. The largest absolute Gasteiger partial charge is 0.460 e. The lowest BCUT2D eigenvalue weighted by Gasteiger charge is -2.01. The smallest absolute Gasteiger partial charge is 0.135 e. The van der Waals surface area contributed by atoms with Crippen molar-refractivity contribution in [1.29, 1.82) is 0 Å². The zero-order valence-electron chi connectivity index (χ0n) is 10.2. The van der Waals surface area contributed by atoms with Gasteiger partial charge in [0, 0.05) is 14.8 Å². The predicted octanol–water partition coefficient (Wildman–Crippen LogP) is 4.67. The van der Waals surface area contributed by atoms with Gasteiger partial charge in [-0.2, -0.15) is 0 Å². The number of halogens is 1. The van der Waals surface area contributed by atoms with Crippen LogP contribution in [0.2, 0.25) is 0 Å². The van der Waals surface area contributed by atoms with Crippen molar-refractivity contribution in [1.82, 2.24) is 0 Å². The van der Waals surface area contributed by atoms with Crippen LogP contribution in [0.1, 0.15) is 5.76 Å². The van der Waals surface area contributed by atoms with Crippen molar-refractivity contribution >= 4 is 37.7 Å². The molecular weight excluding hydrogens is 324 g/mol. The molecule has 1 atom stereocenters. The van der Waals surface area contributed by atoms with Crippen molar-refractivity contribution in [3.05, 3.63) is 58.8 Å². The molecule has 2 nitrogen and oxygen atoms in total. The Kier molecular flexibility index (Phi) is 3.29. The Hall–Kier alpha value is -1.39. The van der Waals surface area contributed by atoms with Gasteiger partial charge < -0.3 is 4.42 Å². The topological polar surface area (TPSA) is 30.2 Å². The minimum atomic E-state index is -1.22. The van der Waals surface area contributed by atoms with Crippen LogP contribution in [0.25, 0.3) is 11.0 Å². The Balaban J connectivity index is 2.22. The number of hydrogen-bond acceptors (Lipinski definition) is 2. The lowest BCUT2D eigenvalue weighted by atomic mass is 10.2. The number of rotatable bonds is 2. The Morgan fingerprint density at radius 3 is 2.58 bits per heavy atom. The second-order valence-corrected chi connectivity index (χ2v) is 6.54. The van der Waals surface area contributed by atoms with Gasteiger partial charge in [0.1, 0.15) is 11.3 Å². The Morgan fingerprint density at radius 2 is 1.84 bits per heavy atom. The minimum absolute atomic E-state index is 0.704. The van der Waals surface area contributed by atoms with Crippen molar-refractivity contribution in [2.24, 2.45) is 0 Å².